The van der Waals surface area contributed by atoms with E-state index in [-0.39, 0.29) is 32.1 Å². The second kappa shape index (κ2) is 10.3. The SMILES string of the molecule is COc1ccc(C)cc1S(=O)(=O)N(CC(=O)Nc1cc(Cl)cc(Cl)c1)c1cccc(C(F)(F)F)c1. The maximum Gasteiger partial charge on any atom is 0.416 e. The van der Waals surface area contributed by atoms with Crippen molar-refractivity contribution >= 4 is 50.5 Å². The van der Waals surface area contributed by atoms with E-state index >= 15 is 0 Å². The fraction of sp³-hybridized carbons (Fsp3) is 0.174. The molecule has 3 rings (SSSR count). The lowest BCUT2D eigenvalue weighted by Crippen LogP contribution is -2.38. The molecule has 0 saturated heterocycles. The summed E-state index contributed by atoms with van der Waals surface area (Å²) in [5.41, 5.74) is -0.690. The maximum absolute atomic E-state index is 13.7. The molecule has 0 spiro atoms. The molecule has 0 saturated carbocycles. The number of alkyl halides is 3. The van der Waals surface area contributed by atoms with Crippen LogP contribution in [0.5, 0.6) is 5.75 Å². The first-order chi connectivity index (χ1) is 16.3. The molecule has 35 heavy (non-hydrogen) atoms. The molecular formula is C23H19Cl2F3N2O4S. The molecule has 0 radical (unpaired) electrons. The van der Waals surface area contributed by atoms with Gasteiger partial charge in [0, 0.05) is 15.7 Å². The Bertz CT molecular complexity index is 1340. The lowest BCUT2D eigenvalue weighted by atomic mass is 10.2. The van der Waals surface area contributed by atoms with Gasteiger partial charge in [0.05, 0.1) is 18.4 Å². The van der Waals surface area contributed by atoms with E-state index in [0.29, 0.717) is 15.9 Å². The zero-order valence-electron chi connectivity index (χ0n) is 18.4. The Morgan fingerprint density at radius 1 is 1.03 bits per heavy atom. The number of amides is 1. The van der Waals surface area contributed by atoms with Crippen molar-refractivity contribution in [3.8, 4) is 5.75 Å². The average Bonchev–Trinajstić information content (AvgIpc) is 2.76. The summed E-state index contributed by atoms with van der Waals surface area (Å²) in [4.78, 5) is 12.5. The standard InChI is InChI=1S/C23H19Cl2F3N2O4S/c1-14-6-7-20(34-2)21(8-14)35(32,33)30(19-5-3-4-15(9-19)23(26,27)28)13-22(31)29-18-11-16(24)10-17(25)12-18/h3-12H,13H2,1-2H3,(H,29,31). The number of halogens is 5. The molecule has 0 aliphatic rings. The molecule has 6 nitrogen and oxygen atoms in total. The molecule has 0 fully saturated rings. The van der Waals surface area contributed by atoms with Gasteiger partial charge in [-0.3, -0.25) is 9.10 Å². The fourth-order valence-corrected chi connectivity index (χ4v) is 5.40. The number of anilines is 2. The van der Waals surface area contributed by atoms with Crippen molar-refractivity contribution in [1.29, 1.82) is 0 Å². The first-order valence-corrected chi connectivity index (χ1v) is 12.1. The van der Waals surface area contributed by atoms with E-state index in [4.69, 9.17) is 27.9 Å². The van der Waals surface area contributed by atoms with E-state index in [1.165, 1.54) is 43.5 Å². The van der Waals surface area contributed by atoms with Crippen LogP contribution < -0.4 is 14.4 Å². The zero-order chi connectivity index (χ0) is 26.0. The van der Waals surface area contributed by atoms with Crippen LogP contribution in [0.3, 0.4) is 0 Å². The van der Waals surface area contributed by atoms with Crippen LogP contribution in [0.1, 0.15) is 11.1 Å². The first kappa shape index (κ1) is 26.7. The number of carbonyl (C=O) groups excluding carboxylic acids is 1. The summed E-state index contributed by atoms with van der Waals surface area (Å²) >= 11 is 11.9. The van der Waals surface area contributed by atoms with Gasteiger partial charge >= 0.3 is 6.18 Å². The third kappa shape index (κ3) is 6.39. The molecule has 0 aliphatic carbocycles. The molecule has 3 aromatic carbocycles. The van der Waals surface area contributed by atoms with Crippen molar-refractivity contribution in [1.82, 2.24) is 0 Å². The number of sulfonamides is 1. The maximum atomic E-state index is 13.7. The molecule has 1 N–H and O–H groups in total. The molecule has 3 aromatic rings. The third-order valence-electron chi connectivity index (χ3n) is 4.78. The van der Waals surface area contributed by atoms with Crippen molar-refractivity contribution in [2.75, 3.05) is 23.3 Å². The van der Waals surface area contributed by atoms with Crippen LogP contribution in [0.4, 0.5) is 24.5 Å². The highest BCUT2D eigenvalue weighted by Gasteiger charge is 2.34. The normalized spacial score (nSPS) is 11.7. The lowest BCUT2D eigenvalue weighted by Gasteiger charge is -2.26. The van der Waals surface area contributed by atoms with E-state index in [1.807, 2.05) is 0 Å². The largest absolute Gasteiger partial charge is 0.495 e. The van der Waals surface area contributed by atoms with Crippen LogP contribution in [0, 0.1) is 6.92 Å². The predicted molar refractivity (Wildman–Crippen MR) is 129 cm³/mol. The van der Waals surface area contributed by atoms with Crippen LogP contribution in [-0.4, -0.2) is 28.0 Å². The van der Waals surface area contributed by atoms with Crippen molar-refractivity contribution in [2.45, 2.75) is 18.0 Å². The van der Waals surface area contributed by atoms with Gasteiger partial charge in [-0.25, -0.2) is 8.42 Å². The van der Waals surface area contributed by atoms with Gasteiger partial charge in [-0.1, -0.05) is 35.3 Å². The van der Waals surface area contributed by atoms with Crippen LogP contribution in [0.2, 0.25) is 10.0 Å². The summed E-state index contributed by atoms with van der Waals surface area (Å²) in [7, 11) is -3.30. The topological polar surface area (TPSA) is 75.7 Å². The summed E-state index contributed by atoms with van der Waals surface area (Å²) in [5.74, 6) is -0.870. The Hall–Kier alpha value is -2.95. The summed E-state index contributed by atoms with van der Waals surface area (Å²) in [6, 6.07) is 12.2. The van der Waals surface area contributed by atoms with Crippen molar-refractivity contribution < 1.29 is 31.1 Å². The molecular weight excluding hydrogens is 528 g/mol. The molecule has 12 heteroatoms. The van der Waals surface area contributed by atoms with Crippen molar-refractivity contribution in [3.63, 3.8) is 0 Å². The van der Waals surface area contributed by atoms with Gasteiger partial charge in [-0.15, -0.1) is 0 Å². The Balaban J connectivity index is 2.09. The number of rotatable bonds is 7. The quantitative estimate of drug-likeness (QED) is 0.385. The summed E-state index contributed by atoms with van der Waals surface area (Å²) < 4.78 is 73.1. The second-order valence-electron chi connectivity index (χ2n) is 7.42. The molecule has 0 bridgehead atoms. The highest BCUT2D eigenvalue weighted by molar-refractivity contribution is 7.93. The number of hydrogen-bond donors (Lipinski definition) is 1. The molecule has 0 heterocycles. The second-order valence-corrected chi connectivity index (χ2v) is 10.1. The van der Waals surface area contributed by atoms with Gasteiger partial charge in [0.15, 0.2) is 0 Å². The van der Waals surface area contributed by atoms with Gasteiger partial charge in [0.2, 0.25) is 5.91 Å². The smallest absolute Gasteiger partial charge is 0.416 e. The van der Waals surface area contributed by atoms with Gasteiger partial charge in [-0.05, 0) is 61.0 Å². The van der Waals surface area contributed by atoms with Gasteiger partial charge < -0.3 is 10.1 Å². The number of benzene rings is 3. The summed E-state index contributed by atoms with van der Waals surface area (Å²) in [5, 5.41) is 2.91. The Labute approximate surface area is 210 Å². The number of nitrogens with one attached hydrogen (secondary N) is 1. The number of aryl methyl sites for hydroxylation is 1. The van der Waals surface area contributed by atoms with E-state index in [2.05, 4.69) is 5.32 Å². The number of nitrogens with zero attached hydrogens (tertiary/aromatic N) is 1. The monoisotopic (exact) mass is 546 g/mol. The van der Waals surface area contributed by atoms with Crippen LogP contribution in [-0.2, 0) is 21.0 Å². The Morgan fingerprint density at radius 2 is 1.69 bits per heavy atom. The van der Waals surface area contributed by atoms with E-state index in [0.717, 1.165) is 12.1 Å². The molecule has 0 unspecified atom stereocenters. The minimum Gasteiger partial charge on any atom is -0.495 e. The van der Waals surface area contributed by atoms with Crippen LogP contribution in [0.15, 0.2) is 65.6 Å². The molecule has 1 amide bonds. The molecule has 0 aromatic heterocycles. The lowest BCUT2D eigenvalue weighted by molar-refractivity contribution is -0.137. The molecule has 0 aliphatic heterocycles. The van der Waals surface area contributed by atoms with E-state index in [9.17, 15) is 26.4 Å². The Kier molecular flexibility index (Phi) is 7.88. The highest BCUT2D eigenvalue weighted by atomic mass is 35.5. The molecule has 186 valence electrons. The predicted octanol–water partition coefficient (Wildman–Crippen LogP) is 6.16. The first-order valence-electron chi connectivity index (χ1n) is 9.92. The average molecular weight is 547 g/mol. The van der Waals surface area contributed by atoms with Crippen molar-refractivity contribution in [2.24, 2.45) is 0 Å². The minimum atomic E-state index is -4.73. The van der Waals surface area contributed by atoms with Gasteiger partial charge in [0.25, 0.3) is 10.0 Å². The van der Waals surface area contributed by atoms with Crippen molar-refractivity contribution in [3.05, 3.63) is 81.8 Å². The fourth-order valence-electron chi connectivity index (χ4n) is 3.21. The number of ether oxygens (including phenoxy) is 1. The number of methoxy groups -OCH3 is 1. The van der Waals surface area contributed by atoms with E-state index < -0.39 is 34.2 Å². The minimum absolute atomic E-state index is 0.0328. The summed E-state index contributed by atoms with van der Waals surface area (Å²) in [6.07, 6.45) is -4.73. The Morgan fingerprint density at radius 3 is 2.29 bits per heavy atom. The highest BCUT2D eigenvalue weighted by Crippen LogP contribution is 2.35. The number of hydrogen-bond acceptors (Lipinski definition) is 4. The van der Waals surface area contributed by atoms with Crippen LogP contribution in [0.25, 0.3) is 0 Å². The number of carbonyl (C=O) groups is 1. The molecule has 0 atom stereocenters. The van der Waals surface area contributed by atoms with E-state index in [1.54, 1.807) is 13.0 Å². The van der Waals surface area contributed by atoms with Gasteiger partial charge in [-0.2, -0.15) is 13.2 Å². The van der Waals surface area contributed by atoms with Gasteiger partial charge in [0.1, 0.15) is 17.2 Å². The summed E-state index contributed by atoms with van der Waals surface area (Å²) in [6.45, 7) is 0.799. The van der Waals surface area contributed by atoms with Crippen LogP contribution >= 0.6 is 23.2 Å². The third-order valence-corrected chi connectivity index (χ3v) is 7.01. The zero-order valence-corrected chi connectivity index (χ0v) is 20.7.